The van der Waals surface area contributed by atoms with Crippen LogP contribution in [0, 0.1) is 0 Å². The van der Waals surface area contributed by atoms with Gasteiger partial charge in [-0.1, -0.05) is 17.7 Å². The van der Waals surface area contributed by atoms with Crippen molar-refractivity contribution >= 4 is 17.5 Å². The first kappa shape index (κ1) is 19.9. The quantitative estimate of drug-likeness (QED) is 0.674. The second-order valence-corrected chi connectivity index (χ2v) is 6.23. The predicted octanol–water partition coefficient (Wildman–Crippen LogP) is 3.87. The lowest BCUT2D eigenvalue weighted by atomic mass is 10.1. The van der Waals surface area contributed by atoms with Crippen molar-refractivity contribution in [2.24, 2.45) is 0 Å². The van der Waals surface area contributed by atoms with Crippen LogP contribution >= 0.6 is 11.6 Å². The van der Waals surface area contributed by atoms with Crippen LogP contribution < -0.4 is 19.5 Å². The molecule has 0 fully saturated rings. The van der Waals surface area contributed by atoms with Crippen LogP contribution in [-0.4, -0.2) is 32.8 Å². The first-order chi connectivity index (χ1) is 12.5. The summed E-state index contributed by atoms with van der Waals surface area (Å²) in [5, 5.41) is 3.52. The number of rotatable bonds is 9. The second-order valence-electron chi connectivity index (χ2n) is 5.80. The Morgan fingerprint density at radius 1 is 1.08 bits per heavy atom. The number of carbonyl (C=O) groups is 1. The number of carbonyl (C=O) groups excluding carboxylic acids is 1. The Morgan fingerprint density at radius 2 is 1.77 bits per heavy atom. The molecule has 0 saturated heterocycles. The van der Waals surface area contributed by atoms with Crippen LogP contribution in [-0.2, 0) is 11.2 Å². The summed E-state index contributed by atoms with van der Waals surface area (Å²) >= 11 is 5.83. The Balaban J connectivity index is 1.75. The minimum Gasteiger partial charge on any atom is -0.493 e. The molecule has 0 aliphatic carbocycles. The van der Waals surface area contributed by atoms with Gasteiger partial charge in [0.2, 0.25) is 0 Å². The summed E-state index contributed by atoms with van der Waals surface area (Å²) in [5.74, 6) is 1.88. The van der Waals surface area contributed by atoms with Gasteiger partial charge in [0, 0.05) is 11.6 Å². The molecule has 1 atom stereocenters. The zero-order valence-electron chi connectivity index (χ0n) is 15.3. The third-order valence-corrected chi connectivity index (χ3v) is 4.14. The molecule has 2 rings (SSSR count). The van der Waals surface area contributed by atoms with Crippen molar-refractivity contribution in [1.82, 2.24) is 5.32 Å². The van der Waals surface area contributed by atoms with E-state index < -0.39 is 6.10 Å². The topological polar surface area (TPSA) is 56.8 Å². The van der Waals surface area contributed by atoms with E-state index in [-0.39, 0.29) is 5.91 Å². The average Bonchev–Trinajstić information content (AvgIpc) is 2.66. The smallest absolute Gasteiger partial charge is 0.260 e. The molecule has 0 aromatic heterocycles. The lowest BCUT2D eigenvalue weighted by Gasteiger charge is -2.15. The van der Waals surface area contributed by atoms with E-state index in [1.54, 1.807) is 45.4 Å². The van der Waals surface area contributed by atoms with E-state index in [4.69, 9.17) is 25.8 Å². The molecule has 2 aromatic rings. The normalized spacial score (nSPS) is 11.5. The molecule has 0 unspecified atom stereocenters. The Kier molecular flexibility index (Phi) is 7.60. The number of nitrogens with one attached hydrogen (secondary N) is 1. The summed E-state index contributed by atoms with van der Waals surface area (Å²) in [6.45, 7) is 2.29. The number of methoxy groups -OCH3 is 2. The highest BCUT2D eigenvalue weighted by Gasteiger charge is 2.14. The molecule has 0 aliphatic rings. The van der Waals surface area contributed by atoms with Gasteiger partial charge in [-0.2, -0.15) is 0 Å². The highest BCUT2D eigenvalue weighted by molar-refractivity contribution is 6.30. The number of hydrogen-bond acceptors (Lipinski definition) is 4. The maximum atomic E-state index is 12.1. The van der Waals surface area contributed by atoms with Crippen LogP contribution in [0.5, 0.6) is 17.2 Å². The van der Waals surface area contributed by atoms with Gasteiger partial charge in [0.1, 0.15) is 5.75 Å². The molecule has 0 bridgehead atoms. The molecule has 2 aromatic carbocycles. The molecule has 1 amide bonds. The Morgan fingerprint density at radius 3 is 2.42 bits per heavy atom. The van der Waals surface area contributed by atoms with E-state index >= 15 is 0 Å². The summed E-state index contributed by atoms with van der Waals surface area (Å²) in [5.41, 5.74) is 1.13. The van der Waals surface area contributed by atoms with Crippen molar-refractivity contribution in [3.8, 4) is 17.2 Å². The van der Waals surface area contributed by atoms with Gasteiger partial charge >= 0.3 is 0 Å². The SMILES string of the molecule is COc1ccc(CCCNC(=O)[C@@H](C)Oc2ccc(Cl)cc2)cc1OC. The first-order valence-corrected chi connectivity index (χ1v) is 8.82. The lowest BCUT2D eigenvalue weighted by molar-refractivity contribution is -0.127. The molecule has 0 aliphatic heterocycles. The highest BCUT2D eigenvalue weighted by atomic mass is 35.5. The summed E-state index contributed by atoms with van der Waals surface area (Å²) in [6, 6.07) is 12.8. The molecule has 140 valence electrons. The van der Waals surface area contributed by atoms with Gasteiger partial charge < -0.3 is 19.5 Å². The fraction of sp³-hybridized carbons (Fsp3) is 0.350. The van der Waals surface area contributed by atoms with Crippen LogP contribution in [0.2, 0.25) is 5.02 Å². The van der Waals surface area contributed by atoms with Crippen molar-refractivity contribution in [2.45, 2.75) is 25.9 Å². The molecule has 5 nitrogen and oxygen atoms in total. The molecule has 6 heteroatoms. The largest absolute Gasteiger partial charge is 0.493 e. The van der Waals surface area contributed by atoms with E-state index in [0.717, 1.165) is 18.4 Å². The molecular formula is C20H24ClNO4. The summed E-state index contributed by atoms with van der Waals surface area (Å²) in [4.78, 5) is 12.1. The molecule has 0 saturated carbocycles. The van der Waals surface area contributed by atoms with Crippen LogP contribution in [0.25, 0.3) is 0 Å². The van der Waals surface area contributed by atoms with Crippen molar-refractivity contribution in [2.75, 3.05) is 20.8 Å². The Bertz CT molecular complexity index is 718. The Hall–Kier alpha value is -2.40. The van der Waals surface area contributed by atoms with Crippen LogP contribution in [0.4, 0.5) is 0 Å². The van der Waals surface area contributed by atoms with E-state index in [1.165, 1.54) is 0 Å². The lowest BCUT2D eigenvalue weighted by Crippen LogP contribution is -2.36. The molecule has 26 heavy (non-hydrogen) atoms. The van der Waals surface area contributed by atoms with E-state index in [1.807, 2.05) is 18.2 Å². The summed E-state index contributed by atoms with van der Waals surface area (Å²) in [7, 11) is 3.23. The average molecular weight is 378 g/mol. The third-order valence-electron chi connectivity index (χ3n) is 3.89. The van der Waals surface area contributed by atoms with Crippen LogP contribution in [0.1, 0.15) is 18.9 Å². The van der Waals surface area contributed by atoms with Gasteiger partial charge in [0.15, 0.2) is 17.6 Å². The Labute approximate surface area is 159 Å². The molecule has 0 radical (unpaired) electrons. The number of benzene rings is 2. The van der Waals surface area contributed by atoms with Crippen molar-refractivity contribution < 1.29 is 19.0 Å². The summed E-state index contributed by atoms with van der Waals surface area (Å²) in [6.07, 6.45) is 1.07. The van der Waals surface area contributed by atoms with Crippen molar-refractivity contribution in [1.29, 1.82) is 0 Å². The number of ether oxygens (including phenoxy) is 3. The molecule has 0 spiro atoms. The maximum absolute atomic E-state index is 12.1. The van der Waals surface area contributed by atoms with E-state index in [2.05, 4.69) is 5.32 Å². The third kappa shape index (κ3) is 5.85. The fourth-order valence-corrected chi connectivity index (χ4v) is 2.58. The summed E-state index contributed by atoms with van der Waals surface area (Å²) < 4.78 is 16.1. The number of aryl methyl sites for hydroxylation is 1. The highest BCUT2D eigenvalue weighted by Crippen LogP contribution is 2.27. The number of halogens is 1. The van der Waals surface area contributed by atoms with Gasteiger partial charge in [-0.05, 0) is 61.7 Å². The number of amides is 1. The minimum atomic E-state index is -0.572. The van der Waals surface area contributed by atoms with Gasteiger partial charge in [0.25, 0.3) is 5.91 Å². The van der Waals surface area contributed by atoms with E-state index in [0.29, 0.717) is 28.8 Å². The van der Waals surface area contributed by atoms with Gasteiger partial charge in [-0.3, -0.25) is 4.79 Å². The molecular weight excluding hydrogens is 354 g/mol. The second kappa shape index (κ2) is 9.92. The van der Waals surface area contributed by atoms with Crippen molar-refractivity contribution in [3.63, 3.8) is 0 Å². The van der Waals surface area contributed by atoms with E-state index in [9.17, 15) is 4.79 Å². The van der Waals surface area contributed by atoms with Crippen LogP contribution in [0.15, 0.2) is 42.5 Å². The standard InChI is InChI=1S/C20H24ClNO4/c1-14(26-17-9-7-16(21)8-10-17)20(23)22-12-4-5-15-6-11-18(24-2)19(13-15)25-3/h6-11,13-14H,4-5,12H2,1-3H3,(H,22,23)/t14-/m1/s1. The van der Waals surface area contributed by atoms with Gasteiger partial charge in [-0.25, -0.2) is 0 Å². The zero-order chi connectivity index (χ0) is 18.9. The van der Waals surface area contributed by atoms with Gasteiger partial charge in [-0.15, -0.1) is 0 Å². The van der Waals surface area contributed by atoms with Gasteiger partial charge in [0.05, 0.1) is 14.2 Å². The maximum Gasteiger partial charge on any atom is 0.260 e. The van der Waals surface area contributed by atoms with Crippen molar-refractivity contribution in [3.05, 3.63) is 53.1 Å². The minimum absolute atomic E-state index is 0.146. The fourth-order valence-electron chi connectivity index (χ4n) is 2.45. The molecule has 1 N–H and O–H groups in total. The number of hydrogen-bond donors (Lipinski definition) is 1. The van der Waals surface area contributed by atoms with Crippen LogP contribution in [0.3, 0.4) is 0 Å². The monoisotopic (exact) mass is 377 g/mol. The zero-order valence-corrected chi connectivity index (χ0v) is 16.0. The predicted molar refractivity (Wildman–Crippen MR) is 102 cm³/mol. The first-order valence-electron chi connectivity index (χ1n) is 8.44. The molecule has 0 heterocycles.